The van der Waals surface area contributed by atoms with Gasteiger partial charge in [0.1, 0.15) is 5.52 Å². The van der Waals surface area contributed by atoms with Crippen LogP contribution in [0.3, 0.4) is 0 Å². The number of aromatic amines is 1. The minimum atomic E-state index is 0.102. The molecule has 0 aliphatic heterocycles. The summed E-state index contributed by atoms with van der Waals surface area (Å²) in [5.74, 6) is 1.58. The van der Waals surface area contributed by atoms with Crippen LogP contribution in [0.5, 0.6) is 17.4 Å². The fourth-order valence-electron chi connectivity index (χ4n) is 1.86. The minimum Gasteiger partial charge on any atom is -0.493 e. The van der Waals surface area contributed by atoms with E-state index in [9.17, 15) is 0 Å². The van der Waals surface area contributed by atoms with Gasteiger partial charge in [-0.1, -0.05) is 6.07 Å². The molecule has 0 saturated heterocycles. The third kappa shape index (κ3) is 2.09. The quantitative estimate of drug-likeness (QED) is 0.756. The number of ether oxygens (including phenoxy) is 2. The summed E-state index contributed by atoms with van der Waals surface area (Å²) in [6.45, 7) is 1.97. The SMILES string of the molecule is COc1cc(C)ccc1Oc1nc(N)nc2nc[nH]c12. The van der Waals surface area contributed by atoms with Crippen LogP contribution in [0.1, 0.15) is 5.56 Å². The summed E-state index contributed by atoms with van der Waals surface area (Å²) >= 11 is 0. The number of hydrogen-bond donors (Lipinski definition) is 2. The van der Waals surface area contributed by atoms with Crippen molar-refractivity contribution in [2.75, 3.05) is 12.8 Å². The highest BCUT2D eigenvalue weighted by Crippen LogP contribution is 2.33. The number of anilines is 1. The van der Waals surface area contributed by atoms with Crippen molar-refractivity contribution < 1.29 is 9.47 Å². The molecule has 0 spiro atoms. The number of imidazole rings is 1. The molecule has 0 unspecified atom stereocenters. The predicted molar refractivity (Wildman–Crippen MR) is 73.9 cm³/mol. The summed E-state index contributed by atoms with van der Waals surface area (Å²) in [4.78, 5) is 15.1. The molecule has 0 bridgehead atoms. The van der Waals surface area contributed by atoms with Crippen LogP contribution in [0.4, 0.5) is 5.95 Å². The number of aryl methyl sites for hydroxylation is 1. The van der Waals surface area contributed by atoms with Crippen LogP contribution in [-0.2, 0) is 0 Å². The Morgan fingerprint density at radius 2 is 2.05 bits per heavy atom. The molecule has 0 amide bonds. The van der Waals surface area contributed by atoms with E-state index in [0.717, 1.165) is 5.56 Å². The van der Waals surface area contributed by atoms with Crippen molar-refractivity contribution >= 4 is 17.1 Å². The Balaban J connectivity index is 2.07. The average molecular weight is 271 g/mol. The number of hydrogen-bond acceptors (Lipinski definition) is 6. The van der Waals surface area contributed by atoms with Crippen molar-refractivity contribution in [3.8, 4) is 17.4 Å². The molecule has 0 atom stereocenters. The number of methoxy groups -OCH3 is 1. The highest BCUT2D eigenvalue weighted by atomic mass is 16.5. The lowest BCUT2D eigenvalue weighted by molar-refractivity contribution is 0.375. The van der Waals surface area contributed by atoms with E-state index in [1.807, 2.05) is 25.1 Å². The van der Waals surface area contributed by atoms with E-state index < -0.39 is 0 Å². The van der Waals surface area contributed by atoms with Crippen LogP contribution >= 0.6 is 0 Å². The lowest BCUT2D eigenvalue weighted by Gasteiger charge is -2.10. The van der Waals surface area contributed by atoms with E-state index >= 15 is 0 Å². The summed E-state index contributed by atoms with van der Waals surface area (Å²) < 4.78 is 11.1. The van der Waals surface area contributed by atoms with E-state index in [4.69, 9.17) is 15.2 Å². The van der Waals surface area contributed by atoms with Crippen LogP contribution in [0.2, 0.25) is 0 Å². The molecule has 2 aromatic heterocycles. The maximum Gasteiger partial charge on any atom is 0.250 e. The molecule has 1 aromatic carbocycles. The molecular formula is C13H13N5O2. The molecule has 102 valence electrons. The number of H-pyrrole nitrogens is 1. The molecule has 7 nitrogen and oxygen atoms in total. The zero-order chi connectivity index (χ0) is 14.1. The Hall–Kier alpha value is -2.83. The number of aromatic nitrogens is 4. The number of rotatable bonds is 3. The van der Waals surface area contributed by atoms with Crippen molar-refractivity contribution in [3.63, 3.8) is 0 Å². The molecule has 3 aromatic rings. The van der Waals surface area contributed by atoms with E-state index in [1.54, 1.807) is 7.11 Å². The Labute approximate surface area is 114 Å². The van der Waals surface area contributed by atoms with Gasteiger partial charge in [0.2, 0.25) is 5.95 Å². The molecule has 0 aliphatic rings. The minimum absolute atomic E-state index is 0.102. The monoisotopic (exact) mass is 271 g/mol. The van der Waals surface area contributed by atoms with Crippen LogP contribution in [-0.4, -0.2) is 27.0 Å². The van der Waals surface area contributed by atoms with E-state index in [-0.39, 0.29) is 5.95 Å². The zero-order valence-electron chi connectivity index (χ0n) is 11.0. The first-order valence-electron chi connectivity index (χ1n) is 5.96. The van der Waals surface area contributed by atoms with Crippen LogP contribution in [0, 0.1) is 6.92 Å². The van der Waals surface area contributed by atoms with E-state index in [0.29, 0.717) is 28.5 Å². The first-order valence-corrected chi connectivity index (χ1v) is 5.96. The molecule has 0 aliphatic carbocycles. The zero-order valence-corrected chi connectivity index (χ0v) is 11.0. The first-order chi connectivity index (χ1) is 9.67. The van der Waals surface area contributed by atoms with Gasteiger partial charge in [0.05, 0.1) is 13.4 Å². The highest BCUT2D eigenvalue weighted by molar-refractivity contribution is 5.77. The van der Waals surface area contributed by atoms with E-state index in [2.05, 4.69) is 19.9 Å². The Morgan fingerprint density at radius 1 is 1.20 bits per heavy atom. The third-order valence-corrected chi connectivity index (χ3v) is 2.80. The van der Waals surface area contributed by atoms with Gasteiger partial charge < -0.3 is 20.2 Å². The highest BCUT2D eigenvalue weighted by Gasteiger charge is 2.13. The smallest absolute Gasteiger partial charge is 0.250 e. The summed E-state index contributed by atoms with van der Waals surface area (Å²) in [5, 5.41) is 0. The number of fused-ring (bicyclic) bond motifs is 1. The average Bonchev–Trinajstić information content (AvgIpc) is 2.88. The molecule has 0 saturated carbocycles. The maximum atomic E-state index is 5.78. The lowest BCUT2D eigenvalue weighted by atomic mass is 10.2. The Bertz CT molecular complexity index is 769. The standard InChI is InChI=1S/C13H13N5O2/c1-7-3-4-8(9(5-7)19-2)20-12-10-11(16-6-15-10)17-13(14)18-12/h3-6H,1-2H3,(H3,14,15,16,17,18). The molecule has 3 rings (SSSR count). The second-order valence-electron chi connectivity index (χ2n) is 4.24. The topological polar surface area (TPSA) is 98.9 Å². The van der Waals surface area contributed by atoms with Gasteiger partial charge in [-0.2, -0.15) is 9.97 Å². The fourth-order valence-corrected chi connectivity index (χ4v) is 1.86. The number of nitrogens with two attached hydrogens (primary N) is 1. The molecule has 20 heavy (non-hydrogen) atoms. The van der Waals surface area contributed by atoms with Gasteiger partial charge >= 0.3 is 0 Å². The summed E-state index contributed by atoms with van der Waals surface area (Å²) in [6.07, 6.45) is 1.51. The van der Waals surface area contributed by atoms with Crippen molar-refractivity contribution in [1.82, 2.24) is 19.9 Å². The fraction of sp³-hybridized carbons (Fsp3) is 0.154. The second-order valence-corrected chi connectivity index (χ2v) is 4.24. The number of nitrogens with zero attached hydrogens (tertiary/aromatic N) is 3. The molecule has 2 heterocycles. The van der Waals surface area contributed by atoms with Crippen molar-refractivity contribution in [3.05, 3.63) is 30.1 Å². The van der Waals surface area contributed by atoms with E-state index in [1.165, 1.54) is 6.33 Å². The largest absolute Gasteiger partial charge is 0.493 e. The van der Waals surface area contributed by atoms with Gasteiger partial charge in [-0.3, -0.25) is 0 Å². The molecule has 3 N–H and O–H groups in total. The van der Waals surface area contributed by atoms with Crippen molar-refractivity contribution in [1.29, 1.82) is 0 Å². The Morgan fingerprint density at radius 3 is 2.85 bits per heavy atom. The third-order valence-electron chi connectivity index (χ3n) is 2.80. The van der Waals surface area contributed by atoms with Crippen LogP contribution < -0.4 is 15.2 Å². The van der Waals surface area contributed by atoms with Crippen molar-refractivity contribution in [2.24, 2.45) is 0 Å². The maximum absolute atomic E-state index is 5.78. The van der Waals surface area contributed by atoms with Crippen molar-refractivity contribution in [2.45, 2.75) is 6.92 Å². The molecule has 0 fully saturated rings. The predicted octanol–water partition coefficient (Wildman–Crippen LogP) is 2.04. The molecular weight excluding hydrogens is 258 g/mol. The van der Waals surface area contributed by atoms with Gasteiger partial charge in [-0.25, -0.2) is 4.98 Å². The van der Waals surface area contributed by atoms with Gasteiger partial charge in [0.25, 0.3) is 5.88 Å². The van der Waals surface area contributed by atoms with Gasteiger partial charge in [0.15, 0.2) is 17.1 Å². The van der Waals surface area contributed by atoms with Gasteiger partial charge in [-0.05, 0) is 24.6 Å². The van der Waals surface area contributed by atoms with Gasteiger partial charge in [0, 0.05) is 0 Å². The summed E-state index contributed by atoms with van der Waals surface area (Å²) in [6, 6.07) is 5.62. The van der Waals surface area contributed by atoms with Gasteiger partial charge in [-0.15, -0.1) is 0 Å². The second kappa shape index (κ2) is 4.69. The molecule has 7 heteroatoms. The van der Waals surface area contributed by atoms with Crippen LogP contribution in [0.15, 0.2) is 24.5 Å². The summed E-state index contributed by atoms with van der Waals surface area (Å²) in [5.41, 5.74) is 7.76. The normalized spacial score (nSPS) is 10.7. The van der Waals surface area contributed by atoms with Crippen LogP contribution in [0.25, 0.3) is 11.2 Å². The first kappa shape index (κ1) is 12.2. The Kier molecular flexibility index (Phi) is 2.86. The number of benzene rings is 1. The molecule has 0 radical (unpaired) electrons. The number of nitrogen functional groups attached to an aromatic ring is 1. The number of nitrogens with one attached hydrogen (secondary N) is 1. The lowest BCUT2D eigenvalue weighted by Crippen LogP contribution is -1.99. The summed E-state index contributed by atoms with van der Waals surface area (Å²) in [7, 11) is 1.59.